The van der Waals surface area contributed by atoms with Crippen molar-refractivity contribution in [1.82, 2.24) is 0 Å². The van der Waals surface area contributed by atoms with Crippen LogP contribution in [-0.4, -0.2) is 19.6 Å². The summed E-state index contributed by atoms with van der Waals surface area (Å²) >= 11 is 8.00. The molecule has 0 radical (unpaired) electrons. The summed E-state index contributed by atoms with van der Waals surface area (Å²) < 4.78 is 7.02. The van der Waals surface area contributed by atoms with Crippen molar-refractivity contribution in [3.05, 3.63) is 51.5 Å². The van der Waals surface area contributed by atoms with Crippen LogP contribution in [0.5, 0.6) is 5.75 Å². The van der Waals surface area contributed by atoms with E-state index < -0.39 is 0 Å². The van der Waals surface area contributed by atoms with E-state index in [4.69, 9.17) is 14.3 Å². The third kappa shape index (κ3) is 5.69. The second-order valence-electron chi connectivity index (χ2n) is 4.98. The van der Waals surface area contributed by atoms with E-state index in [1.54, 1.807) is 0 Å². The number of thiol groups is 1. The molecule has 2 rings (SSSR count). The smallest absolute Gasteiger partial charge is 0.182 e. The molecule has 0 heterocycles. The van der Waals surface area contributed by atoms with Crippen molar-refractivity contribution in [2.24, 2.45) is 0 Å². The van der Waals surface area contributed by atoms with Crippen molar-refractivity contribution in [3.8, 4) is 5.75 Å². The molecule has 128 valence electrons. The zero-order valence-electron chi connectivity index (χ0n) is 13.8. The van der Waals surface area contributed by atoms with Crippen LogP contribution in [0.15, 0.2) is 39.7 Å². The highest BCUT2D eigenvalue weighted by Gasteiger charge is 2.08. The highest BCUT2D eigenvalue weighted by molar-refractivity contribution is 9.10. The Kier molecular flexibility index (Phi) is 8.57. The molecule has 0 bridgehead atoms. The van der Waals surface area contributed by atoms with E-state index in [0.29, 0.717) is 6.61 Å². The van der Waals surface area contributed by atoms with E-state index in [0.717, 1.165) is 37.5 Å². The number of aldehydes is 2. The molecule has 0 unspecified atom stereocenters. The fraction of sp³-hybridized carbons (Fsp3) is 0.222. The molecule has 2 aromatic rings. The summed E-state index contributed by atoms with van der Waals surface area (Å²) in [5.41, 5.74) is 4.40. The predicted octanol–water partition coefficient (Wildman–Crippen LogP) is 4.36. The lowest BCUT2D eigenvalue weighted by molar-refractivity contribution is -0.122. The van der Waals surface area contributed by atoms with Crippen LogP contribution >= 0.6 is 28.6 Å². The Morgan fingerprint density at radius 2 is 1.83 bits per heavy atom. The van der Waals surface area contributed by atoms with E-state index in [-0.39, 0.29) is 12.6 Å². The first-order valence-electron chi connectivity index (χ1n) is 7.21. The van der Waals surface area contributed by atoms with Gasteiger partial charge in [0, 0.05) is 27.7 Å². The molecule has 0 saturated heterocycles. The highest BCUT2D eigenvalue weighted by Crippen LogP contribution is 2.29. The maximum absolute atomic E-state index is 8.81. The summed E-state index contributed by atoms with van der Waals surface area (Å²) in [6.07, 6.45) is 0.389. The van der Waals surface area contributed by atoms with Gasteiger partial charge in [0.05, 0.1) is 0 Å². The number of hydrogen-bond donors (Lipinski definition) is 2. The van der Waals surface area contributed by atoms with Crippen molar-refractivity contribution >= 4 is 46.8 Å². The molecule has 24 heavy (non-hydrogen) atoms. The van der Waals surface area contributed by atoms with Crippen molar-refractivity contribution in [3.63, 3.8) is 0 Å². The monoisotopic (exact) mass is 409 g/mol. The van der Waals surface area contributed by atoms with Gasteiger partial charge in [-0.3, -0.25) is 9.59 Å². The number of rotatable bonds is 5. The molecule has 0 aliphatic carbocycles. The number of anilines is 1. The highest BCUT2D eigenvalue weighted by atomic mass is 79.9. The number of carbonyl (C=O) groups excluding carboxylic acids is 2. The number of benzene rings is 2. The van der Waals surface area contributed by atoms with E-state index in [2.05, 4.69) is 33.9 Å². The maximum atomic E-state index is 8.81. The first kappa shape index (κ1) is 20.3. The molecule has 4 nitrogen and oxygen atoms in total. The largest absolute Gasteiger partial charge is 0.489 e. The molecule has 0 fully saturated rings. The Balaban J connectivity index is 0.000000648. The predicted molar refractivity (Wildman–Crippen MR) is 103 cm³/mol. The first-order valence-corrected chi connectivity index (χ1v) is 8.45. The summed E-state index contributed by atoms with van der Waals surface area (Å²) in [5, 5.41) is 3.19. The normalized spacial score (nSPS) is 9.54. The van der Waals surface area contributed by atoms with Crippen LogP contribution in [-0.2, 0) is 16.2 Å². The zero-order chi connectivity index (χ0) is 18.1. The third-order valence-corrected chi connectivity index (χ3v) is 4.53. The minimum Gasteiger partial charge on any atom is -0.489 e. The van der Waals surface area contributed by atoms with Gasteiger partial charge in [0.25, 0.3) is 0 Å². The second-order valence-corrected chi connectivity index (χ2v) is 6.32. The van der Waals surface area contributed by atoms with Gasteiger partial charge in [0.15, 0.2) is 12.6 Å². The van der Waals surface area contributed by atoms with Crippen molar-refractivity contribution in [1.29, 1.82) is 0 Å². The van der Waals surface area contributed by atoms with Gasteiger partial charge in [0.1, 0.15) is 12.4 Å². The Bertz CT molecular complexity index is 714. The number of carbonyl (C=O) groups is 2. The molecule has 2 aromatic carbocycles. The minimum atomic E-state index is 0.194. The standard InChI is InChI=1S/C16H18BrNOS.C2H2O2/c1-10-8-16(20)11(2)7-15(10)19-9-12-13(17)5-4-6-14(12)18-3;3-1-2-4/h4-8,18,20H,9H2,1-3H3;1-2H. The summed E-state index contributed by atoms with van der Waals surface area (Å²) in [6.45, 7) is 4.59. The van der Waals surface area contributed by atoms with Crippen LogP contribution in [0.3, 0.4) is 0 Å². The van der Waals surface area contributed by atoms with Gasteiger partial charge < -0.3 is 10.1 Å². The third-order valence-electron chi connectivity index (χ3n) is 3.31. The zero-order valence-corrected chi connectivity index (χ0v) is 16.3. The summed E-state index contributed by atoms with van der Waals surface area (Å²) in [4.78, 5) is 18.6. The van der Waals surface area contributed by atoms with E-state index in [9.17, 15) is 0 Å². The van der Waals surface area contributed by atoms with Crippen molar-refractivity contribution in [2.45, 2.75) is 25.3 Å². The molecule has 0 aliphatic rings. The molecule has 1 N–H and O–H groups in total. The Morgan fingerprint density at radius 1 is 1.17 bits per heavy atom. The van der Waals surface area contributed by atoms with E-state index >= 15 is 0 Å². The molecular weight excluding hydrogens is 390 g/mol. The SMILES string of the molecule is CNc1cccc(Br)c1COc1cc(C)c(S)cc1C.O=CC=O. The van der Waals surface area contributed by atoms with Crippen LogP contribution < -0.4 is 10.1 Å². The van der Waals surface area contributed by atoms with Gasteiger partial charge >= 0.3 is 0 Å². The number of halogens is 1. The molecule has 0 saturated carbocycles. The summed E-state index contributed by atoms with van der Waals surface area (Å²) in [5.74, 6) is 0.901. The summed E-state index contributed by atoms with van der Waals surface area (Å²) in [6, 6.07) is 10.1. The maximum Gasteiger partial charge on any atom is 0.182 e. The van der Waals surface area contributed by atoms with E-state index in [1.807, 2.05) is 51.2 Å². The quantitative estimate of drug-likeness (QED) is 0.437. The van der Waals surface area contributed by atoms with Crippen LogP contribution in [0.4, 0.5) is 5.69 Å². The molecule has 0 amide bonds. The molecular formula is C18H20BrNO3S. The number of ether oxygens (including phenoxy) is 1. The van der Waals surface area contributed by atoms with Crippen LogP contribution in [0, 0.1) is 13.8 Å². The lowest BCUT2D eigenvalue weighted by Gasteiger charge is -2.15. The van der Waals surface area contributed by atoms with Crippen LogP contribution in [0.25, 0.3) is 0 Å². The van der Waals surface area contributed by atoms with Crippen LogP contribution in [0.1, 0.15) is 16.7 Å². The van der Waals surface area contributed by atoms with Gasteiger partial charge in [0.2, 0.25) is 0 Å². The second kappa shape index (κ2) is 10.2. The lowest BCUT2D eigenvalue weighted by Crippen LogP contribution is -2.02. The topological polar surface area (TPSA) is 55.4 Å². The summed E-state index contributed by atoms with van der Waals surface area (Å²) in [7, 11) is 1.91. The molecule has 0 aliphatic heterocycles. The number of aryl methyl sites for hydroxylation is 2. The van der Waals surface area contributed by atoms with Gasteiger partial charge in [-0.2, -0.15) is 0 Å². The minimum absolute atomic E-state index is 0.194. The van der Waals surface area contributed by atoms with E-state index in [1.165, 1.54) is 0 Å². The molecule has 0 atom stereocenters. The molecule has 6 heteroatoms. The number of nitrogens with one attached hydrogen (secondary N) is 1. The number of hydrogen-bond acceptors (Lipinski definition) is 5. The average molecular weight is 410 g/mol. The Hall–Kier alpha value is -1.79. The fourth-order valence-corrected chi connectivity index (χ4v) is 2.76. The first-order chi connectivity index (χ1) is 11.4. The van der Waals surface area contributed by atoms with Gasteiger partial charge in [-0.15, -0.1) is 12.6 Å². The fourth-order valence-electron chi connectivity index (χ4n) is 2.02. The molecule has 0 aromatic heterocycles. The van der Waals surface area contributed by atoms with Crippen LogP contribution in [0.2, 0.25) is 0 Å². The Labute approximate surface area is 156 Å². The molecule has 0 spiro atoms. The van der Waals surface area contributed by atoms with Gasteiger partial charge in [-0.1, -0.05) is 22.0 Å². The Morgan fingerprint density at radius 3 is 2.42 bits per heavy atom. The van der Waals surface area contributed by atoms with Gasteiger partial charge in [-0.05, 0) is 49.2 Å². The lowest BCUT2D eigenvalue weighted by atomic mass is 10.1. The van der Waals surface area contributed by atoms with Gasteiger partial charge in [-0.25, -0.2) is 0 Å². The van der Waals surface area contributed by atoms with Crippen molar-refractivity contribution in [2.75, 3.05) is 12.4 Å². The average Bonchev–Trinajstić information content (AvgIpc) is 2.57. The van der Waals surface area contributed by atoms with Crippen molar-refractivity contribution < 1.29 is 14.3 Å².